The average Bonchev–Trinajstić information content (AvgIpc) is 3.01. The minimum atomic E-state index is -1.05. The van der Waals surface area contributed by atoms with Gasteiger partial charge in [-0.15, -0.1) is 10.2 Å². The molecule has 0 aliphatic heterocycles. The molecule has 0 radical (unpaired) electrons. The third kappa shape index (κ3) is 4.63. The van der Waals surface area contributed by atoms with Crippen molar-refractivity contribution in [2.75, 3.05) is 10.6 Å². The van der Waals surface area contributed by atoms with Gasteiger partial charge in [-0.3, -0.25) is 9.48 Å². The molecule has 1 fully saturated rings. The Labute approximate surface area is 155 Å². The Morgan fingerprint density at radius 3 is 2.59 bits per heavy atom. The number of carbonyl (C=O) groups is 2. The first-order valence-electron chi connectivity index (χ1n) is 8.62. The number of anilines is 3. The van der Waals surface area contributed by atoms with Gasteiger partial charge in [-0.2, -0.15) is 5.10 Å². The molecule has 0 unspecified atom stereocenters. The lowest BCUT2D eigenvalue weighted by molar-refractivity contribution is 0.0995. The highest BCUT2D eigenvalue weighted by Crippen LogP contribution is 2.24. The number of amides is 2. The molecule has 1 aliphatic carbocycles. The smallest absolute Gasteiger partial charge is 0.404 e. The topological polar surface area (TPSA) is 160 Å². The van der Waals surface area contributed by atoms with E-state index in [1.54, 1.807) is 30.1 Å². The summed E-state index contributed by atoms with van der Waals surface area (Å²) in [5, 5.41) is 29.9. The Balaban J connectivity index is 1.81. The van der Waals surface area contributed by atoms with E-state index in [1.807, 2.05) is 0 Å². The number of nitrogens with two attached hydrogens (primary N) is 1. The Kier molecular flexibility index (Phi) is 5.38. The highest BCUT2D eigenvalue weighted by atomic mass is 16.4. The largest absolute Gasteiger partial charge is 0.465 e. The van der Waals surface area contributed by atoms with Crippen LogP contribution in [0.25, 0.3) is 0 Å². The fourth-order valence-electron chi connectivity index (χ4n) is 3.18. The zero-order chi connectivity index (χ0) is 19.4. The van der Waals surface area contributed by atoms with Gasteiger partial charge in [0, 0.05) is 31.4 Å². The summed E-state index contributed by atoms with van der Waals surface area (Å²) in [5.41, 5.74) is 5.75. The fourth-order valence-corrected chi connectivity index (χ4v) is 3.18. The summed E-state index contributed by atoms with van der Waals surface area (Å²) in [5.74, 6) is 0.236. The second-order valence-corrected chi connectivity index (χ2v) is 6.45. The monoisotopic (exact) mass is 374 g/mol. The standard InChI is InChI=1S/C16H22N8O3/c1-24-7-6-12(23-24)19-11-8-13(21-22-14(11)15(17)25)18-9-4-2-3-5-10(9)20-16(26)27/h6-10,20H,2-5H2,1H3,(H2,17,25)(H,26,27)(H2,18,19,21,23)/t9-,10+/m1/s1. The predicted octanol–water partition coefficient (Wildman–Crippen LogP) is 1.04. The molecular weight excluding hydrogens is 352 g/mol. The van der Waals surface area contributed by atoms with Crippen LogP contribution >= 0.6 is 0 Å². The van der Waals surface area contributed by atoms with Gasteiger partial charge in [0.1, 0.15) is 0 Å². The molecule has 2 heterocycles. The van der Waals surface area contributed by atoms with Crippen molar-refractivity contribution < 1.29 is 14.7 Å². The van der Waals surface area contributed by atoms with E-state index in [1.165, 1.54) is 0 Å². The van der Waals surface area contributed by atoms with Crippen LogP contribution in [0.3, 0.4) is 0 Å². The van der Waals surface area contributed by atoms with Crippen molar-refractivity contribution in [1.82, 2.24) is 25.3 Å². The third-order valence-electron chi connectivity index (χ3n) is 4.41. The first-order chi connectivity index (χ1) is 12.9. The zero-order valence-corrected chi connectivity index (χ0v) is 14.8. The lowest BCUT2D eigenvalue weighted by Gasteiger charge is -2.32. The lowest BCUT2D eigenvalue weighted by Crippen LogP contribution is -2.48. The quantitative estimate of drug-likeness (QED) is 0.501. The van der Waals surface area contributed by atoms with Gasteiger partial charge in [0.2, 0.25) is 0 Å². The van der Waals surface area contributed by atoms with Crippen molar-refractivity contribution >= 4 is 29.3 Å². The van der Waals surface area contributed by atoms with Crippen LogP contribution in [-0.4, -0.2) is 49.2 Å². The van der Waals surface area contributed by atoms with Crippen molar-refractivity contribution in [3.63, 3.8) is 0 Å². The number of carboxylic acid groups (broad SMARTS) is 1. The molecule has 0 saturated heterocycles. The third-order valence-corrected chi connectivity index (χ3v) is 4.41. The molecule has 11 heteroatoms. The molecule has 0 bridgehead atoms. The Morgan fingerprint density at radius 1 is 1.22 bits per heavy atom. The number of nitrogens with one attached hydrogen (secondary N) is 3. The highest BCUT2D eigenvalue weighted by Gasteiger charge is 2.27. The van der Waals surface area contributed by atoms with Crippen molar-refractivity contribution in [3.05, 3.63) is 24.0 Å². The molecule has 0 spiro atoms. The minimum absolute atomic E-state index is 0.00458. The van der Waals surface area contributed by atoms with E-state index >= 15 is 0 Å². The summed E-state index contributed by atoms with van der Waals surface area (Å²) in [4.78, 5) is 22.7. The van der Waals surface area contributed by atoms with E-state index in [2.05, 4.69) is 31.2 Å². The van der Waals surface area contributed by atoms with Crippen LogP contribution in [0.5, 0.6) is 0 Å². The number of hydrogen-bond donors (Lipinski definition) is 5. The van der Waals surface area contributed by atoms with E-state index in [0.717, 1.165) is 25.7 Å². The highest BCUT2D eigenvalue weighted by molar-refractivity contribution is 5.97. The maximum Gasteiger partial charge on any atom is 0.404 e. The van der Waals surface area contributed by atoms with Crippen molar-refractivity contribution in [1.29, 1.82) is 0 Å². The van der Waals surface area contributed by atoms with Crippen LogP contribution in [0.1, 0.15) is 36.2 Å². The van der Waals surface area contributed by atoms with Gasteiger partial charge in [-0.05, 0) is 12.8 Å². The molecule has 2 atom stereocenters. The van der Waals surface area contributed by atoms with Gasteiger partial charge in [0.25, 0.3) is 5.91 Å². The summed E-state index contributed by atoms with van der Waals surface area (Å²) in [6.07, 6.45) is 4.19. The second kappa shape index (κ2) is 7.89. The van der Waals surface area contributed by atoms with Crippen LogP contribution < -0.4 is 21.7 Å². The molecule has 3 rings (SSSR count). The summed E-state index contributed by atoms with van der Waals surface area (Å²) >= 11 is 0. The molecule has 144 valence electrons. The van der Waals surface area contributed by atoms with Gasteiger partial charge >= 0.3 is 6.09 Å². The molecule has 11 nitrogen and oxygen atoms in total. The first kappa shape index (κ1) is 18.4. The lowest BCUT2D eigenvalue weighted by atomic mass is 9.90. The SMILES string of the molecule is Cn1ccc(Nc2cc(N[C@@H]3CCCC[C@@H]3NC(=O)O)nnc2C(N)=O)n1. The van der Waals surface area contributed by atoms with Gasteiger partial charge in [-0.1, -0.05) is 12.8 Å². The molecule has 2 aromatic heterocycles. The van der Waals surface area contributed by atoms with Crippen LogP contribution in [0.2, 0.25) is 0 Å². The number of nitrogens with zero attached hydrogens (tertiary/aromatic N) is 4. The summed E-state index contributed by atoms with van der Waals surface area (Å²) in [6.45, 7) is 0. The van der Waals surface area contributed by atoms with Gasteiger partial charge < -0.3 is 26.8 Å². The van der Waals surface area contributed by atoms with E-state index < -0.39 is 12.0 Å². The van der Waals surface area contributed by atoms with Crippen molar-refractivity contribution in [3.8, 4) is 0 Å². The number of rotatable bonds is 6. The number of aromatic nitrogens is 4. The molecular formula is C16H22N8O3. The maximum atomic E-state index is 11.7. The number of carbonyl (C=O) groups excluding carboxylic acids is 1. The van der Waals surface area contributed by atoms with E-state index in [0.29, 0.717) is 17.3 Å². The second-order valence-electron chi connectivity index (χ2n) is 6.45. The average molecular weight is 374 g/mol. The molecule has 27 heavy (non-hydrogen) atoms. The van der Waals surface area contributed by atoms with Crippen LogP contribution in [0.15, 0.2) is 18.3 Å². The van der Waals surface area contributed by atoms with Gasteiger partial charge in [0.15, 0.2) is 17.3 Å². The molecule has 1 saturated carbocycles. The molecule has 6 N–H and O–H groups in total. The van der Waals surface area contributed by atoms with E-state index in [-0.39, 0.29) is 17.8 Å². The Hall–Kier alpha value is -3.37. The molecule has 2 amide bonds. The molecule has 2 aromatic rings. The Bertz CT molecular complexity index is 837. The number of primary amides is 1. The summed E-state index contributed by atoms with van der Waals surface area (Å²) < 4.78 is 1.62. The normalized spacial score (nSPS) is 19.3. The predicted molar refractivity (Wildman–Crippen MR) is 97.9 cm³/mol. The van der Waals surface area contributed by atoms with Crippen LogP contribution in [-0.2, 0) is 7.05 Å². The number of hydrogen-bond acceptors (Lipinski definition) is 7. The maximum absolute atomic E-state index is 11.7. The summed E-state index contributed by atoms with van der Waals surface area (Å²) in [6, 6.07) is 3.02. The zero-order valence-electron chi connectivity index (χ0n) is 14.8. The molecule has 1 aliphatic rings. The van der Waals surface area contributed by atoms with Crippen molar-refractivity contribution in [2.45, 2.75) is 37.8 Å². The fraction of sp³-hybridized carbons (Fsp3) is 0.438. The minimum Gasteiger partial charge on any atom is -0.465 e. The van der Waals surface area contributed by atoms with E-state index in [4.69, 9.17) is 10.8 Å². The summed E-state index contributed by atoms with van der Waals surface area (Å²) in [7, 11) is 1.77. The Morgan fingerprint density at radius 2 is 1.96 bits per heavy atom. The van der Waals surface area contributed by atoms with Crippen molar-refractivity contribution in [2.24, 2.45) is 12.8 Å². The van der Waals surface area contributed by atoms with Crippen LogP contribution in [0.4, 0.5) is 22.1 Å². The van der Waals surface area contributed by atoms with E-state index in [9.17, 15) is 9.59 Å². The molecule has 0 aromatic carbocycles. The van der Waals surface area contributed by atoms with Gasteiger partial charge in [-0.25, -0.2) is 4.79 Å². The van der Waals surface area contributed by atoms with Crippen LogP contribution in [0, 0.1) is 0 Å². The van der Waals surface area contributed by atoms with Gasteiger partial charge in [0.05, 0.1) is 11.7 Å². The number of aryl methyl sites for hydroxylation is 1. The first-order valence-corrected chi connectivity index (χ1v) is 8.62.